The Morgan fingerprint density at radius 3 is 2.00 bits per heavy atom. The molecule has 4 heteroatoms. The maximum absolute atomic E-state index is 12.2. The first-order valence-corrected chi connectivity index (χ1v) is 6.97. The van der Waals surface area contributed by atoms with Crippen molar-refractivity contribution in [3.63, 3.8) is 0 Å². The Bertz CT molecular complexity index is 449. The summed E-state index contributed by atoms with van der Waals surface area (Å²) in [5, 5.41) is 0. The average Bonchev–Trinajstić information content (AvgIpc) is 2.55. The van der Waals surface area contributed by atoms with Crippen molar-refractivity contribution in [3.05, 3.63) is 11.6 Å². The van der Waals surface area contributed by atoms with Crippen LogP contribution in [-0.2, 0) is 14.3 Å². The summed E-state index contributed by atoms with van der Waals surface area (Å²) in [6, 6.07) is 0. The van der Waals surface area contributed by atoms with E-state index in [2.05, 4.69) is 0 Å². The molecule has 1 amide bonds. The van der Waals surface area contributed by atoms with Crippen molar-refractivity contribution in [2.24, 2.45) is 10.8 Å². The lowest BCUT2D eigenvalue weighted by Crippen LogP contribution is -2.46. The monoisotopic (exact) mass is 281 g/mol. The molecule has 1 atom stereocenters. The summed E-state index contributed by atoms with van der Waals surface area (Å²) in [7, 11) is 3.42. The van der Waals surface area contributed by atoms with E-state index in [1.54, 1.807) is 14.1 Å². The molecule has 0 radical (unpaired) electrons. The van der Waals surface area contributed by atoms with Gasteiger partial charge in [-0.2, -0.15) is 0 Å². The normalized spacial score (nSPS) is 23.4. The molecule has 114 valence electrons. The number of nitrogens with zero attached hydrogens (tertiary/aromatic N) is 1. The first kappa shape index (κ1) is 16.7. The lowest BCUT2D eigenvalue weighted by Gasteiger charge is -2.39. The van der Waals surface area contributed by atoms with Gasteiger partial charge in [-0.1, -0.05) is 41.5 Å². The van der Waals surface area contributed by atoms with Crippen molar-refractivity contribution in [1.82, 2.24) is 4.90 Å². The van der Waals surface area contributed by atoms with Crippen molar-refractivity contribution in [2.75, 3.05) is 14.1 Å². The molecule has 0 saturated heterocycles. The fourth-order valence-electron chi connectivity index (χ4n) is 2.17. The smallest absolute Gasteiger partial charge is 0.335 e. The number of amides is 1. The first-order valence-electron chi connectivity index (χ1n) is 6.97. The molecule has 0 fully saturated rings. The van der Waals surface area contributed by atoms with Crippen LogP contribution in [0.3, 0.4) is 0 Å². The number of rotatable bonds is 2. The van der Waals surface area contributed by atoms with Crippen LogP contribution < -0.4 is 0 Å². The van der Waals surface area contributed by atoms with E-state index in [0.29, 0.717) is 5.57 Å². The highest BCUT2D eigenvalue weighted by Gasteiger charge is 2.52. The van der Waals surface area contributed by atoms with E-state index >= 15 is 0 Å². The molecular weight excluding hydrogens is 254 g/mol. The molecule has 0 N–H and O–H groups in total. The highest BCUT2D eigenvalue weighted by Crippen LogP contribution is 2.46. The minimum Gasteiger partial charge on any atom is -0.450 e. The molecule has 0 saturated carbocycles. The largest absolute Gasteiger partial charge is 0.450 e. The summed E-state index contributed by atoms with van der Waals surface area (Å²) >= 11 is 0. The molecule has 1 unspecified atom stereocenters. The highest BCUT2D eigenvalue weighted by molar-refractivity contribution is 5.94. The van der Waals surface area contributed by atoms with E-state index in [4.69, 9.17) is 4.74 Å². The molecule has 1 aliphatic heterocycles. The van der Waals surface area contributed by atoms with Gasteiger partial charge < -0.3 is 9.64 Å². The summed E-state index contributed by atoms with van der Waals surface area (Å²) in [5.74, 6) is -0.349. The minimum atomic E-state index is -0.867. The van der Waals surface area contributed by atoms with Crippen molar-refractivity contribution < 1.29 is 14.3 Å². The van der Waals surface area contributed by atoms with Crippen LogP contribution >= 0.6 is 0 Å². The standard InChI is InChI=1S/C16H27NO3/c1-14(2,3)11-9-16(15(4,5)6,20-13(11)19)10-12(18)17(7)8/h9H,10H2,1-8H3. The summed E-state index contributed by atoms with van der Waals surface area (Å²) in [5.41, 5.74) is -0.848. The number of ether oxygens (including phenoxy) is 1. The summed E-state index contributed by atoms with van der Waals surface area (Å²) in [6.45, 7) is 11.9. The molecule has 0 aromatic carbocycles. The maximum Gasteiger partial charge on any atom is 0.335 e. The second kappa shape index (κ2) is 4.90. The quantitative estimate of drug-likeness (QED) is 0.731. The number of hydrogen-bond acceptors (Lipinski definition) is 3. The number of hydrogen-bond donors (Lipinski definition) is 0. The minimum absolute atomic E-state index is 0.0425. The lowest BCUT2D eigenvalue weighted by atomic mass is 9.72. The van der Waals surface area contributed by atoms with Gasteiger partial charge in [0.05, 0.1) is 6.42 Å². The SMILES string of the molecule is CN(C)C(=O)CC1(C(C)(C)C)C=C(C(C)(C)C)C(=O)O1. The molecule has 1 rings (SSSR count). The van der Waals surface area contributed by atoms with Crippen LogP contribution in [0.15, 0.2) is 11.6 Å². The molecule has 1 aliphatic rings. The molecule has 1 heterocycles. The van der Waals surface area contributed by atoms with Crippen molar-refractivity contribution in [1.29, 1.82) is 0 Å². The lowest BCUT2D eigenvalue weighted by molar-refractivity contribution is -0.160. The molecule has 0 aromatic heterocycles. The highest BCUT2D eigenvalue weighted by atomic mass is 16.6. The molecule has 20 heavy (non-hydrogen) atoms. The van der Waals surface area contributed by atoms with Gasteiger partial charge in [-0.05, 0) is 11.5 Å². The Morgan fingerprint density at radius 2 is 1.70 bits per heavy atom. The van der Waals surface area contributed by atoms with E-state index in [1.165, 1.54) is 4.90 Å². The van der Waals surface area contributed by atoms with Crippen molar-refractivity contribution in [2.45, 2.75) is 53.6 Å². The van der Waals surface area contributed by atoms with Crippen LogP contribution in [0.1, 0.15) is 48.0 Å². The fraction of sp³-hybridized carbons (Fsp3) is 0.750. The zero-order chi connectivity index (χ0) is 15.9. The molecule has 4 nitrogen and oxygen atoms in total. The second-order valence-electron chi connectivity index (χ2n) is 7.80. The van der Waals surface area contributed by atoms with Crippen molar-refractivity contribution in [3.8, 4) is 0 Å². The first-order chi connectivity index (χ1) is 8.80. The summed E-state index contributed by atoms with van der Waals surface area (Å²) < 4.78 is 5.69. The second-order valence-corrected chi connectivity index (χ2v) is 7.80. The van der Waals surface area contributed by atoms with Crippen LogP contribution in [0.25, 0.3) is 0 Å². The van der Waals surface area contributed by atoms with Crippen LogP contribution in [-0.4, -0.2) is 36.5 Å². The average molecular weight is 281 g/mol. The van der Waals surface area contributed by atoms with Crippen molar-refractivity contribution >= 4 is 11.9 Å². The Morgan fingerprint density at radius 1 is 1.20 bits per heavy atom. The van der Waals surface area contributed by atoms with Crippen LogP contribution in [0.4, 0.5) is 0 Å². The van der Waals surface area contributed by atoms with Gasteiger partial charge in [-0.15, -0.1) is 0 Å². The van der Waals surface area contributed by atoms with Crippen LogP contribution in [0.5, 0.6) is 0 Å². The molecule has 0 bridgehead atoms. The Kier molecular flexibility index (Phi) is 4.10. The van der Waals surface area contributed by atoms with Crippen LogP contribution in [0.2, 0.25) is 0 Å². The van der Waals surface area contributed by atoms with E-state index in [1.807, 2.05) is 47.6 Å². The number of esters is 1. The molecule has 0 aliphatic carbocycles. The van der Waals surface area contributed by atoms with Gasteiger partial charge in [0.1, 0.15) is 5.60 Å². The number of carbonyl (C=O) groups excluding carboxylic acids is 2. The van der Waals surface area contributed by atoms with E-state index < -0.39 is 5.60 Å². The Hall–Kier alpha value is -1.32. The van der Waals surface area contributed by atoms with E-state index in [9.17, 15) is 9.59 Å². The predicted molar refractivity (Wildman–Crippen MR) is 79.1 cm³/mol. The summed E-state index contributed by atoms with van der Waals surface area (Å²) in [6.07, 6.45) is 2.05. The third-order valence-corrected chi connectivity index (χ3v) is 3.86. The van der Waals surface area contributed by atoms with Gasteiger partial charge >= 0.3 is 5.97 Å². The fourth-order valence-corrected chi connectivity index (χ4v) is 2.17. The van der Waals surface area contributed by atoms with Gasteiger partial charge in [-0.25, -0.2) is 4.79 Å². The van der Waals surface area contributed by atoms with Gasteiger partial charge in [0.2, 0.25) is 5.91 Å². The van der Waals surface area contributed by atoms with Gasteiger partial charge in [0.25, 0.3) is 0 Å². The zero-order valence-corrected chi connectivity index (χ0v) is 14.0. The Balaban J connectivity index is 3.27. The van der Waals surface area contributed by atoms with E-state index in [-0.39, 0.29) is 29.1 Å². The van der Waals surface area contributed by atoms with Gasteiger partial charge in [0, 0.05) is 25.1 Å². The maximum atomic E-state index is 12.2. The third kappa shape index (κ3) is 3.05. The third-order valence-electron chi connectivity index (χ3n) is 3.86. The molecule has 0 spiro atoms. The number of cyclic esters (lactones) is 1. The Labute approximate surface area is 122 Å². The molecule has 0 aromatic rings. The summed E-state index contributed by atoms with van der Waals surface area (Å²) in [4.78, 5) is 25.9. The number of carbonyl (C=O) groups is 2. The van der Waals surface area contributed by atoms with Gasteiger partial charge in [0.15, 0.2) is 0 Å². The van der Waals surface area contributed by atoms with E-state index in [0.717, 1.165) is 0 Å². The van der Waals surface area contributed by atoms with Gasteiger partial charge in [-0.3, -0.25) is 4.79 Å². The van der Waals surface area contributed by atoms with Crippen LogP contribution in [0, 0.1) is 10.8 Å². The zero-order valence-electron chi connectivity index (χ0n) is 14.0. The topological polar surface area (TPSA) is 46.6 Å². The predicted octanol–water partition coefficient (Wildman–Crippen LogP) is 2.78. The molecular formula is C16H27NO3.